The van der Waals surface area contributed by atoms with Crippen LogP contribution in [0.1, 0.15) is 19.4 Å². The molecule has 1 atom stereocenters. The van der Waals surface area contributed by atoms with Gasteiger partial charge in [0.25, 0.3) is 0 Å². The molecule has 2 nitrogen and oxygen atoms in total. The van der Waals surface area contributed by atoms with Crippen molar-refractivity contribution >= 4 is 11.8 Å². The van der Waals surface area contributed by atoms with Gasteiger partial charge in [-0.2, -0.15) is 11.8 Å². The Hall–Kier alpha value is -0.510. The Labute approximate surface area is 109 Å². The number of hydrogen-bond acceptors (Lipinski definition) is 3. The lowest BCUT2D eigenvalue weighted by atomic mass is 10.1. The molecule has 0 amide bonds. The van der Waals surface area contributed by atoms with Crippen molar-refractivity contribution < 1.29 is 5.11 Å². The summed E-state index contributed by atoms with van der Waals surface area (Å²) in [6.07, 6.45) is 0. The van der Waals surface area contributed by atoms with E-state index in [2.05, 4.69) is 43.4 Å². The summed E-state index contributed by atoms with van der Waals surface area (Å²) in [4.78, 5) is 0. The molecule has 2 N–H and O–H groups in total. The average Bonchev–Trinajstić information content (AvgIpc) is 2.34. The summed E-state index contributed by atoms with van der Waals surface area (Å²) in [5, 5.41) is 12.5. The van der Waals surface area contributed by atoms with Gasteiger partial charge < -0.3 is 10.4 Å². The second-order valence-corrected chi connectivity index (χ2v) is 5.63. The molecule has 0 aromatic heterocycles. The van der Waals surface area contributed by atoms with Gasteiger partial charge in [-0.1, -0.05) is 44.2 Å². The highest BCUT2D eigenvalue weighted by atomic mass is 32.2. The SMILES string of the molecule is CC(C)[C@@H](CO)NCCSCc1ccccc1. The lowest BCUT2D eigenvalue weighted by Crippen LogP contribution is -2.38. The Balaban J connectivity index is 2.08. The third kappa shape index (κ3) is 6.10. The zero-order valence-corrected chi connectivity index (χ0v) is 11.5. The molecule has 0 unspecified atom stereocenters. The molecule has 0 saturated heterocycles. The monoisotopic (exact) mass is 253 g/mol. The first-order valence-corrected chi connectivity index (χ1v) is 7.35. The smallest absolute Gasteiger partial charge is 0.0587 e. The van der Waals surface area contributed by atoms with Crippen LogP contribution in [0.5, 0.6) is 0 Å². The van der Waals surface area contributed by atoms with Crippen LogP contribution in [0.4, 0.5) is 0 Å². The molecule has 1 aromatic carbocycles. The van der Waals surface area contributed by atoms with E-state index in [9.17, 15) is 0 Å². The van der Waals surface area contributed by atoms with Gasteiger partial charge in [-0.05, 0) is 11.5 Å². The molecule has 0 saturated carbocycles. The van der Waals surface area contributed by atoms with E-state index in [1.54, 1.807) is 0 Å². The first-order chi connectivity index (χ1) is 8.24. The van der Waals surface area contributed by atoms with E-state index >= 15 is 0 Å². The predicted molar refractivity (Wildman–Crippen MR) is 76.3 cm³/mol. The fourth-order valence-corrected chi connectivity index (χ4v) is 2.43. The standard InChI is InChI=1S/C14H23NOS/c1-12(2)14(10-16)15-8-9-17-11-13-6-4-3-5-7-13/h3-7,12,14-16H,8-11H2,1-2H3/t14-/m1/s1. The maximum atomic E-state index is 9.16. The van der Waals surface area contributed by atoms with Crippen LogP contribution in [0.2, 0.25) is 0 Å². The fourth-order valence-electron chi connectivity index (χ4n) is 1.59. The van der Waals surface area contributed by atoms with Crippen LogP contribution in [0.3, 0.4) is 0 Å². The van der Waals surface area contributed by atoms with Crippen LogP contribution >= 0.6 is 11.8 Å². The van der Waals surface area contributed by atoms with Gasteiger partial charge in [0.2, 0.25) is 0 Å². The summed E-state index contributed by atoms with van der Waals surface area (Å²) in [7, 11) is 0. The Morgan fingerprint density at radius 3 is 2.53 bits per heavy atom. The summed E-state index contributed by atoms with van der Waals surface area (Å²) in [6, 6.07) is 10.7. The molecule has 96 valence electrons. The summed E-state index contributed by atoms with van der Waals surface area (Å²) >= 11 is 1.93. The molecule has 0 fully saturated rings. The first kappa shape index (κ1) is 14.6. The van der Waals surface area contributed by atoms with Gasteiger partial charge in [0.05, 0.1) is 6.61 Å². The zero-order chi connectivity index (χ0) is 12.5. The van der Waals surface area contributed by atoms with E-state index in [1.807, 2.05) is 17.8 Å². The van der Waals surface area contributed by atoms with Crippen LogP contribution < -0.4 is 5.32 Å². The Bertz CT molecular complexity index is 290. The second-order valence-electron chi connectivity index (χ2n) is 4.53. The molecule has 1 rings (SSSR count). The molecule has 3 heteroatoms. The van der Waals surface area contributed by atoms with Crippen molar-refractivity contribution in [2.24, 2.45) is 5.92 Å². The molecule has 0 spiro atoms. The van der Waals surface area contributed by atoms with Crippen LogP contribution in [0, 0.1) is 5.92 Å². The number of thioether (sulfide) groups is 1. The topological polar surface area (TPSA) is 32.3 Å². The van der Waals surface area contributed by atoms with Gasteiger partial charge in [-0.3, -0.25) is 0 Å². The maximum absolute atomic E-state index is 9.16. The lowest BCUT2D eigenvalue weighted by molar-refractivity contribution is 0.213. The first-order valence-electron chi connectivity index (χ1n) is 6.20. The van der Waals surface area contributed by atoms with E-state index in [-0.39, 0.29) is 12.6 Å². The van der Waals surface area contributed by atoms with Gasteiger partial charge in [-0.25, -0.2) is 0 Å². The van der Waals surface area contributed by atoms with Crippen molar-refractivity contribution in [1.82, 2.24) is 5.32 Å². The van der Waals surface area contributed by atoms with Crippen molar-refractivity contribution in [3.63, 3.8) is 0 Å². The van der Waals surface area contributed by atoms with Gasteiger partial charge in [-0.15, -0.1) is 0 Å². The highest BCUT2D eigenvalue weighted by Crippen LogP contribution is 2.11. The van der Waals surface area contributed by atoms with E-state index in [0.717, 1.165) is 18.1 Å². The normalized spacial score (nSPS) is 12.9. The number of aliphatic hydroxyl groups excluding tert-OH is 1. The highest BCUT2D eigenvalue weighted by molar-refractivity contribution is 7.98. The number of aliphatic hydroxyl groups is 1. The molecule has 0 aliphatic heterocycles. The van der Waals surface area contributed by atoms with Crippen molar-refractivity contribution in [1.29, 1.82) is 0 Å². The molecule has 0 heterocycles. The number of nitrogens with one attached hydrogen (secondary N) is 1. The van der Waals surface area contributed by atoms with Crippen molar-refractivity contribution in [3.05, 3.63) is 35.9 Å². The van der Waals surface area contributed by atoms with Gasteiger partial charge in [0.1, 0.15) is 0 Å². The fraction of sp³-hybridized carbons (Fsp3) is 0.571. The lowest BCUT2D eigenvalue weighted by Gasteiger charge is -2.19. The van der Waals surface area contributed by atoms with Crippen molar-refractivity contribution in [3.8, 4) is 0 Å². The van der Waals surface area contributed by atoms with Gasteiger partial charge in [0, 0.05) is 24.1 Å². The van der Waals surface area contributed by atoms with Gasteiger partial charge >= 0.3 is 0 Å². The van der Waals surface area contributed by atoms with E-state index in [0.29, 0.717) is 5.92 Å². The van der Waals surface area contributed by atoms with Crippen LogP contribution in [0.25, 0.3) is 0 Å². The molecular formula is C14H23NOS. The van der Waals surface area contributed by atoms with E-state index < -0.39 is 0 Å². The van der Waals surface area contributed by atoms with E-state index in [4.69, 9.17) is 5.11 Å². The molecule has 1 aromatic rings. The number of rotatable bonds is 8. The quantitative estimate of drug-likeness (QED) is 0.698. The van der Waals surface area contributed by atoms with Crippen LogP contribution in [-0.2, 0) is 5.75 Å². The molecule has 17 heavy (non-hydrogen) atoms. The Kier molecular flexibility index (Phi) is 7.33. The Morgan fingerprint density at radius 1 is 1.24 bits per heavy atom. The number of benzene rings is 1. The summed E-state index contributed by atoms with van der Waals surface area (Å²) in [5.41, 5.74) is 1.38. The van der Waals surface area contributed by atoms with Crippen LogP contribution in [-0.4, -0.2) is 30.1 Å². The highest BCUT2D eigenvalue weighted by Gasteiger charge is 2.09. The largest absolute Gasteiger partial charge is 0.395 e. The molecular weight excluding hydrogens is 230 g/mol. The van der Waals surface area contributed by atoms with Crippen LogP contribution in [0.15, 0.2) is 30.3 Å². The minimum absolute atomic E-state index is 0.223. The second kappa shape index (κ2) is 8.56. The summed E-state index contributed by atoms with van der Waals surface area (Å²) in [6.45, 7) is 5.44. The van der Waals surface area contributed by atoms with Crippen molar-refractivity contribution in [2.45, 2.75) is 25.6 Å². The third-order valence-corrected chi connectivity index (χ3v) is 3.80. The average molecular weight is 253 g/mol. The minimum atomic E-state index is 0.223. The molecule has 0 aliphatic rings. The van der Waals surface area contributed by atoms with E-state index in [1.165, 1.54) is 5.56 Å². The number of hydrogen-bond donors (Lipinski definition) is 2. The van der Waals surface area contributed by atoms with Crippen molar-refractivity contribution in [2.75, 3.05) is 18.9 Å². The molecule has 0 bridgehead atoms. The maximum Gasteiger partial charge on any atom is 0.0587 e. The summed E-state index contributed by atoms with van der Waals surface area (Å²) in [5.74, 6) is 2.63. The minimum Gasteiger partial charge on any atom is -0.395 e. The third-order valence-electron chi connectivity index (χ3n) is 2.77. The summed E-state index contributed by atoms with van der Waals surface area (Å²) < 4.78 is 0. The Morgan fingerprint density at radius 2 is 1.94 bits per heavy atom. The molecule has 0 radical (unpaired) electrons. The van der Waals surface area contributed by atoms with Gasteiger partial charge in [0.15, 0.2) is 0 Å². The zero-order valence-electron chi connectivity index (χ0n) is 10.7. The predicted octanol–water partition coefficient (Wildman–Crippen LogP) is 2.53. The molecule has 0 aliphatic carbocycles.